The fourth-order valence-corrected chi connectivity index (χ4v) is 3.93. The van der Waals surface area contributed by atoms with Crippen LogP contribution in [0.3, 0.4) is 0 Å². The highest BCUT2D eigenvalue weighted by molar-refractivity contribution is 6.19. The first-order valence-electron chi connectivity index (χ1n) is 10.4. The van der Waals surface area contributed by atoms with Crippen molar-refractivity contribution >= 4 is 17.7 Å². The van der Waals surface area contributed by atoms with E-state index in [9.17, 15) is 14.4 Å². The van der Waals surface area contributed by atoms with Crippen molar-refractivity contribution < 1.29 is 28.6 Å². The molecule has 1 aliphatic carbocycles. The lowest BCUT2D eigenvalue weighted by Crippen LogP contribution is -2.48. The molecular formula is C25H28O6. The molecule has 0 unspecified atom stereocenters. The molecule has 6 heteroatoms. The number of hydrogen-bond donors (Lipinski definition) is 0. The van der Waals surface area contributed by atoms with Crippen molar-refractivity contribution in [2.45, 2.75) is 59.7 Å². The quantitative estimate of drug-likeness (QED) is 0.357. The van der Waals surface area contributed by atoms with E-state index in [4.69, 9.17) is 14.2 Å². The Balaban J connectivity index is 2.04. The zero-order valence-electron chi connectivity index (χ0n) is 18.8. The van der Waals surface area contributed by atoms with Crippen molar-refractivity contribution in [3.8, 4) is 0 Å². The molecule has 0 radical (unpaired) electrons. The highest BCUT2D eigenvalue weighted by atomic mass is 16.6. The third kappa shape index (κ3) is 4.33. The molecule has 0 aromatic rings. The summed E-state index contributed by atoms with van der Waals surface area (Å²) in [7, 11) is 0. The third-order valence-electron chi connectivity index (χ3n) is 5.69. The number of carbonyl (C=O) groups excluding carboxylic acids is 3. The second-order valence-electron chi connectivity index (χ2n) is 8.30. The highest BCUT2D eigenvalue weighted by Gasteiger charge is 2.55. The van der Waals surface area contributed by atoms with Gasteiger partial charge in [0, 0.05) is 18.1 Å². The fraction of sp³-hybridized carbons (Fsp3) is 0.400. The third-order valence-corrected chi connectivity index (χ3v) is 5.69. The van der Waals surface area contributed by atoms with Crippen molar-refractivity contribution in [2.75, 3.05) is 0 Å². The van der Waals surface area contributed by atoms with E-state index >= 15 is 0 Å². The molecule has 6 nitrogen and oxygen atoms in total. The monoisotopic (exact) mass is 424 g/mol. The first kappa shape index (κ1) is 22.5. The number of allylic oxidation sites excluding steroid dienone is 5. The summed E-state index contributed by atoms with van der Waals surface area (Å²) < 4.78 is 16.8. The molecule has 0 aromatic heterocycles. The van der Waals surface area contributed by atoms with Crippen molar-refractivity contribution in [3.05, 3.63) is 70.3 Å². The molecule has 0 spiro atoms. The van der Waals surface area contributed by atoms with Gasteiger partial charge in [-0.05, 0) is 50.5 Å². The van der Waals surface area contributed by atoms with Crippen LogP contribution in [0, 0.1) is 5.92 Å². The lowest BCUT2D eigenvalue weighted by molar-refractivity contribution is -0.166. The molecule has 3 aliphatic rings. The number of hydrogen-bond acceptors (Lipinski definition) is 6. The van der Waals surface area contributed by atoms with Gasteiger partial charge in [-0.25, -0.2) is 4.79 Å². The molecule has 2 heterocycles. The van der Waals surface area contributed by atoms with E-state index in [2.05, 4.69) is 19.9 Å². The van der Waals surface area contributed by atoms with Crippen LogP contribution >= 0.6 is 0 Å². The zero-order chi connectivity index (χ0) is 22.9. The average molecular weight is 424 g/mol. The molecule has 0 saturated carbocycles. The van der Waals surface area contributed by atoms with Gasteiger partial charge in [0.2, 0.25) is 0 Å². The first-order valence-corrected chi connectivity index (χ1v) is 10.4. The van der Waals surface area contributed by atoms with Crippen molar-refractivity contribution in [1.82, 2.24) is 0 Å². The van der Waals surface area contributed by atoms with Gasteiger partial charge in [0.25, 0.3) is 0 Å². The van der Waals surface area contributed by atoms with Gasteiger partial charge in [0.15, 0.2) is 17.5 Å². The number of ether oxygens (including phenoxy) is 3. The zero-order valence-corrected chi connectivity index (χ0v) is 18.8. The van der Waals surface area contributed by atoms with Crippen LogP contribution in [0.4, 0.5) is 0 Å². The lowest BCUT2D eigenvalue weighted by Gasteiger charge is -2.39. The van der Waals surface area contributed by atoms with Crippen LogP contribution in [0.2, 0.25) is 0 Å². The maximum atomic E-state index is 12.4. The van der Waals surface area contributed by atoms with Crippen LogP contribution < -0.4 is 0 Å². The number of ketones is 1. The summed E-state index contributed by atoms with van der Waals surface area (Å²) in [6, 6.07) is 0. The van der Waals surface area contributed by atoms with Crippen LogP contribution in [0.1, 0.15) is 48.0 Å². The van der Waals surface area contributed by atoms with Crippen LogP contribution in [-0.4, -0.2) is 29.4 Å². The summed E-state index contributed by atoms with van der Waals surface area (Å²) in [6.45, 7) is 10.6. The average Bonchev–Trinajstić information content (AvgIpc) is 2.95. The Labute approximate surface area is 182 Å². The van der Waals surface area contributed by atoms with Crippen molar-refractivity contribution in [2.24, 2.45) is 5.92 Å². The van der Waals surface area contributed by atoms with E-state index in [0.717, 1.165) is 12.0 Å². The molecule has 0 saturated heterocycles. The Morgan fingerprint density at radius 3 is 2.58 bits per heavy atom. The molecule has 0 amide bonds. The molecule has 0 bridgehead atoms. The van der Waals surface area contributed by atoms with E-state index < -0.39 is 29.4 Å². The van der Waals surface area contributed by atoms with Gasteiger partial charge in [-0.1, -0.05) is 38.0 Å². The normalized spacial score (nSPS) is 26.3. The molecule has 164 valence electrons. The predicted molar refractivity (Wildman–Crippen MR) is 115 cm³/mol. The van der Waals surface area contributed by atoms with E-state index in [1.165, 1.54) is 20.1 Å². The van der Waals surface area contributed by atoms with Crippen LogP contribution in [0.15, 0.2) is 70.3 Å². The van der Waals surface area contributed by atoms with E-state index in [1.807, 2.05) is 19.1 Å². The first-order chi connectivity index (χ1) is 14.6. The topological polar surface area (TPSA) is 78.9 Å². The minimum absolute atomic E-state index is 0.0180. The van der Waals surface area contributed by atoms with Gasteiger partial charge in [0.05, 0.1) is 6.26 Å². The second kappa shape index (κ2) is 8.53. The van der Waals surface area contributed by atoms with Gasteiger partial charge >= 0.3 is 11.9 Å². The number of Topliss-reactive ketones (excluding diaryl/α,β-unsaturated/α-hetero) is 1. The van der Waals surface area contributed by atoms with Crippen LogP contribution in [0.25, 0.3) is 0 Å². The van der Waals surface area contributed by atoms with Crippen LogP contribution in [-0.2, 0) is 28.6 Å². The Kier molecular flexibility index (Phi) is 6.20. The number of fused-ring (bicyclic) bond motifs is 2. The van der Waals surface area contributed by atoms with E-state index in [-0.39, 0.29) is 5.57 Å². The smallest absolute Gasteiger partial charge is 0.343 e. The minimum Gasteiger partial charge on any atom is -0.465 e. The molecule has 0 aromatic carbocycles. The van der Waals surface area contributed by atoms with Crippen molar-refractivity contribution in [1.29, 1.82) is 0 Å². The Morgan fingerprint density at radius 2 is 1.97 bits per heavy atom. The molecule has 31 heavy (non-hydrogen) atoms. The molecule has 2 aliphatic heterocycles. The van der Waals surface area contributed by atoms with Gasteiger partial charge in [0.1, 0.15) is 11.3 Å². The second-order valence-corrected chi connectivity index (χ2v) is 8.30. The molecule has 3 rings (SSSR count). The Morgan fingerprint density at radius 1 is 1.26 bits per heavy atom. The predicted octanol–water partition coefficient (Wildman–Crippen LogP) is 4.41. The number of esters is 2. The summed E-state index contributed by atoms with van der Waals surface area (Å²) in [5.41, 5.74) is 1.49. The molecular weight excluding hydrogens is 396 g/mol. The van der Waals surface area contributed by atoms with Crippen molar-refractivity contribution in [3.63, 3.8) is 0 Å². The summed E-state index contributed by atoms with van der Waals surface area (Å²) >= 11 is 0. The largest absolute Gasteiger partial charge is 0.465 e. The summed E-state index contributed by atoms with van der Waals surface area (Å²) in [4.78, 5) is 36.4. The van der Waals surface area contributed by atoms with E-state index in [0.29, 0.717) is 28.4 Å². The summed E-state index contributed by atoms with van der Waals surface area (Å²) in [5.74, 6) is -0.559. The maximum absolute atomic E-state index is 12.4. The summed E-state index contributed by atoms with van der Waals surface area (Å²) in [6.07, 6.45) is 11.2. The van der Waals surface area contributed by atoms with Gasteiger partial charge < -0.3 is 14.2 Å². The Bertz CT molecular complexity index is 1020. The van der Waals surface area contributed by atoms with Gasteiger partial charge in [-0.3, -0.25) is 9.59 Å². The van der Waals surface area contributed by atoms with Gasteiger partial charge in [-0.15, -0.1) is 0 Å². The fourth-order valence-electron chi connectivity index (χ4n) is 3.93. The minimum atomic E-state index is -1.29. The van der Waals surface area contributed by atoms with E-state index in [1.54, 1.807) is 19.1 Å². The maximum Gasteiger partial charge on any atom is 0.343 e. The lowest BCUT2D eigenvalue weighted by atomic mass is 9.75. The molecule has 0 N–H and O–H groups in total. The highest BCUT2D eigenvalue weighted by Crippen LogP contribution is 2.47. The SMILES string of the molecule is CC[C@H](C)/C=C(C)/C=C/C1=CC2=CC3=C(C(C)=O)C(=O)O[C@@]3(C)[C@H](OC(C)=O)C2=CO1. The summed E-state index contributed by atoms with van der Waals surface area (Å²) in [5, 5.41) is 0. The standard InChI is InChI=1S/C25H28O6/c1-7-14(2)10-15(3)8-9-19-11-18-12-21-22(16(4)26)24(28)31-25(21,6)23(30-17(5)27)20(18)13-29-19/h8-14,23H,7H2,1-6H3/b9-8+,15-10+/t14-,23+,25+/m0/s1. The Hall–Kier alpha value is -3.15. The number of rotatable bonds is 6. The molecule has 0 fully saturated rings. The molecule has 3 atom stereocenters. The van der Waals surface area contributed by atoms with Gasteiger partial charge in [-0.2, -0.15) is 0 Å². The number of carbonyl (C=O) groups is 3. The van der Waals surface area contributed by atoms with Crippen LogP contribution in [0.5, 0.6) is 0 Å².